The summed E-state index contributed by atoms with van der Waals surface area (Å²) in [7, 11) is 0. The number of benzene rings is 2. The maximum Gasteiger partial charge on any atom is 0.211 e. The third kappa shape index (κ3) is 11.5. The SMILES string of the molecule is CCCCCCCCCCCCCCCC=CCCc1ccccc1C1=C(CCCC)C=C(c2cccc(C)c2)[N+]1=[N-]. The second-order valence-corrected chi connectivity index (χ2v) is 12.4. The van der Waals surface area contributed by atoms with Crippen molar-refractivity contribution < 1.29 is 4.70 Å². The first-order valence-corrected chi connectivity index (χ1v) is 17.4. The van der Waals surface area contributed by atoms with E-state index in [4.69, 9.17) is 0 Å². The van der Waals surface area contributed by atoms with Crippen LogP contribution in [-0.2, 0) is 6.42 Å². The summed E-state index contributed by atoms with van der Waals surface area (Å²) in [6, 6.07) is 17.1. The van der Waals surface area contributed by atoms with E-state index in [9.17, 15) is 5.53 Å². The van der Waals surface area contributed by atoms with Crippen LogP contribution in [-0.4, -0.2) is 4.70 Å². The van der Waals surface area contributed by atoms with Crippen LogP contribution in [0.25, 0.3) is 16.9 Å². The summed E-state index contributed by atoms with van der Waals surface area (Å²) < 4.78 is 1.45. The Bertz CT molecular complexity index is 1170. The normalized spacial score (nSPS) is 13.5. The van der Waals surface area contributed by atoms with E-state index in [1.165, 1.54) is 111 Å². The van der Waals surface area contributed by atoms with Crippen molar-refractivity contribution in [3.05, 3.63) is 100 Å². The molecule has 0 aromatic heterocycles. The van der Waals surface area contributed by atoms with Gasteiger partial charge in [-0.2, -0.15) is 0 Å². The van der Waals surface area contributed by atoms with Gasteiger partial charge in [0.25, 0.3) is 0 Å². The molecule has 0 spiro atoms. The molecular weight excluding hydrogens is 508 g/mol. The summed E-state index contributed by atoms with van der Waals surface area (Å²) >= 11 is 0. The van der Waals surface area contributed by atoms with Crippen molar-refractivity contribution in [3.63, 3.8) is 0 Å². The molecule has 0 saturated carbocycles. The van der Waals surface area contributed by atoms with E-state index >= 15 is 0 Å². The molecule has 0 bridgehead atoms. The van der Waals surface area contributed by atoms with Crippen LogP contribution in [0.5, 0.6) is 0 Å². The molecule has 0 aliphatic carbocycles. The first-order chi connectivity index (χ1) is 20.7. The summed E-state index contributed by atoms with van der Waals surface area (Å²) in [6.07, 6.45) is 31.7. The highest BCUT2D eigenvalue weighted by atomic mass is 15.2. The van der Waals surface area contributed by atoms with Crippen LogP contribution in [0, 0.1) is 6.92 Å². The van der Waals surface area contributed by atoms with Crippen LogP contribution in [0.1, 0.15) is 152 Å². The zero-order valence-corrected chi connectivity index (χ0v) is 27.2. The van der Waals surface area contributed by atoms with Crippen LogP contribution < -0.4 is 0 Å². The molecule has 2 aromatic carbocycles. The van der Waals surface area contributed by atoms with Gasteiger partial charge < -0.3 is 5.53 Å². The predicted molar refractivity (Wildman–Crippen MR) is 183 cm³/mol. The quantitative estimate of drug-likeness (QED) is 0.0769. The third-order valence-electron chi connectivity index (χ3n) is 8.66. The van der Waals surface area contributed by atoms with Crippen LogP contribution in [0.3, 0.4) is 0 Å². The largest absolute Gasteiger partial charge is 0.493 e. The van der Waals surface area contributed by atoms with Crippen LogP contribution in [0.4, 0.5) is 0 Å². The molecule has 42 heavy (non-hydrogen) atoms. The lowest BCUT2D eigenvalue weighted by Crippen LogP contribution is -2.05. The van der Waals surface area contributed by atoms with E-state index in [0.29, 0.717) is 0 Å². The molecule has 0 saturated heterocycles. The van der Waals surface area contributed by atoms with E-state index in [-0.39, 0.29) is 0 Å². The predicted octanol–water partition coefficient (Wildman–Crippen LogP) is 13.0. The van der Waals surface area contributed by atoms with Gasteiger partial charge in [-0.3, -0.25) is 0 Å². The third-order valence-corrected chi connectivity index (χ3v) is 8.66. The minimum absolute atomic E-state index is 0.882. The molecule has 1 aliphatic heterocycles. The van der Waals surface area contributed by atoms with Gasteiger partial charge >= 0.3 is 0 Å². The second kappa shape index (κ2) is 20.2. The molecule has 1 aliphatic rings. The number of aryl methyl sites for hydroxylation is 2. The van der Waals surface area contributed by atoms with Crippen molar-refractivity contribution in [1.82, 2.24) is 0 Å². The molecule has 0 atom stereocenters. The summed E-state index contributed by atoms with van der Waals surface area (Å²) in [5.41, 5.74) is 19.3. The summed E-state index contributed by atoms with van der Waals surface area (Å²) in [5, 5.41) is 0. The lowest BCUT2D eigenvalue weighted by Gasteiger charge is -2.13. The number of hydrogen-bond acceptors (Lipinski definition) is 0. The van der Waals surface area contributed by atoms with Crippen LogP contribution in [0.2, 0.25) is 0 Å². The molecule has 2 nitrogen and oxygen atoms in total. The summed E-state index contributed by atoms with van der Waals surface area (Å²) in [5.74, 6) is 0. The van der Waals surface area contributed by atoms with Crippen molar-refractivity contribution >= 4 is 11.4 Å². The fourth-order valence-electron chi connectivity index (χ4n) is 6.13. The Kier molecular flexibility index (Phi) is 16.2. The van der Waals surface area contributed by atoms with E-state index in [2.05, 4.69) is 87.5 Å². The highest BCUT2D eigenvalue weighted by Crippen LogP contribution is 2.38. The molecule has 1 heterocycles. The molecule has 0 amide bonds. The van der Waals surface area contributed by atoms with Gasteiger partial charge in [0.15, 0.2) is 0 Å². The minimum atomic E-state index is 0.882. The number of hydrogen-bond donors (Lipinski definition) is 0. The topological polar surface area (TPSA) is 25.3 Å². The molecule has 2 heteroatoms. The van der Waals surface area contributed by atoms with Crippen molar-refractivity contribution in [2.24, 2.45) is 0 Å². The molecule has 0 N–H and O–H groups in total. The van der Waals surface area contributed by atoms with E-state index in [1.54, 1.807) is 0 Å². The lowest BCUT2D eigenvalue weighted by atomic mass is 9.96. The van der Waals surface area contributed by atoms with E-state index in [0.717, 1.165) is 54.6 Å². The monoisotopic (exact) mass is 566 g/mol. The highest BCUT2D eigenvalue weighted by Gasteiger charge is 2.29. The van der Waals surface area contributed by atoms with E-state index in [1.807, 2.05) is 0 Å². The Labute approximate surface area is 258 Å². The first-order valence-electron chi connectivity index (χ1n) is 17.4. The van der Waals surface area contributed by atoms with Gasteiger partial charge in [-0.25, -0.2) is 4.70 Å². The van der Waals surface area contributed by atoms with Gasteiger partial charge in [-0.15, -0.1) is 0 Å². The van der Waals surface area contributed by atoms with Crippen molar-refractivity contribution in [3.8, 4) is 0 Å². The zero-order chi connectivity index (χ0) is 29.8. The average molecular weight is 567 g/mol. The Morgan fingerprint density at radius 3 is 1.93 bits per heavy atom. The smallest absolute Gasteiger partial charge is 0.211 e. The molecular formula is C40H58N2. The Balaban J connectivity index is 1.41. The number of unbranched alkanes of at least 4 members (excludes halogenated alkanes) is 14. The van der Waals surface area contributed by atoms with Crippen LogP contribution >= 0.6 is 0 Å². The van der Waals surface area contributed by atoms with Gasteiger partial charge in [0.05, 0.1) is 0 Å². The van der Waals surface area contributed by atoms with Crippen molar-refractivity contribution in [2.45, 2.75) is 143 Å². The maximum atomic E-state index is 11.5. The van der Waals surface area contributed by atoms with Crippen molar-refractivity contribution in [2.75, 3.05) is 0 Å². The lowest BCUT2D eigenvalue weighted by molar-refractivity contribution is -0.344. The average Bonchev–Trinajstić information content (AvgIpc) is 3.33. The number of rotatable bonds is 22. The molecule has 0 unspecified atom stereocenters. The highest BCUT2D eigenvalue weighted by molar-refractivity contribution is 5.79. The van der Waals surface area contributed by atoms with Crippen LogP contribution in [0.15, 0.2) is 72.3 Å². The Morgan fingerprint density at radius 2 is 1.26 bits per heavy atom. The van der Waals surface area contributed by atoms with E-state index < -0.39 is 0 Å². The van der Waals surface area contributed by atoms with Gasteiger partial charge in [-0.1, -0.05) is 145 Å². The minimum Gasteiger partial charge on any atom is -0.493 e. The number of nitrogens with zero attached hydrogens (tertiary/aromatic N) is 2. The summed E-state index contributed by atoms with van der Waals surface area (Å²) in [4.78, 5) is 0. The Morgan fingerprint density at radius 1 is 0.643 bits per heavy atom. The molecule has 0 radical (unpaired) electrons. The molecule has 2 aromatic rings. The van der Waals surface area contributed by atoms with Gasteiger partial charge in [-0.05, 0) is 69.2 Å². The first kappa shape index (κ1) is 33.8. The second-order valence-electron chi connectivity index (χ2n) is 12.4. The summed E-state index contributed by atoms with van der Waals surface area (Å²) in [6.45, 7) is 6.63. The van der Waals surface area contributed by atoms with Gasteiger partial charge in [0, 0.05) is 22.8 Å². The molecule has 228 valence electrons. The zero-order valence-electron chi connectivity index (χ0n) is 27.2. The number of allylic oxidation sites excluding steroid dienone is 4. The van der Waals surface area contributed by atoms with Gasteiger partial charge in [0.1, 0.15) is 0 Å². The van der Waals surface area contributed by atoms with Crippen molar-refractivity contribution in [1.29, 1.82) is 0 Å². The molecule has 3 rings (SSSR count). The molecule has 0 fully saturated rings. The maximum absolute atomic E-state index is 11.5. The Hall–Kier alpha value is -2.74. The van der Waals surface area contributed by atoms with Gasteiger partial charge in [0.2, 0.25) is 11.4 Å². The standard InChI is InChI=1S/C40H58N2/c1-4-6-8-9-10-11-12-13-14-15-16-17-18-19-20-21-22-28-35-29-23-24-31-38(35)40-37(27-7-5-2)33-39(42(40)41)36-30-25-26-34(3)32-36/h20-21,23-26,29-33H,4-19,22,27-28H2,1-3H3. The fourth-order valence-corrected chi connectivity index (χ4v) is 6.13. The fraction of sp³-hybridized carbons (Fsp3) is 0.550.